The van der Waals surface area contributed by atoms with E-state index in [2.05, 4.69) is 66.2 Å². The summed E-state index contributed by atoms with van der Waals surface area (Å²) in [6.07, 6.45) is 0. The van der Waals surface area contributed by atoms with Crippen LogP contribution in [-0.2, 0) is 0 Å². The van der Waals surface area contributed by atoms with E-state index in [-0.39, 0.29) is 0 Å². The van der Waals surface area contributed by atoms with Crippen molar-refractivity contribution in [3.8, 4) is 11.3 Å². The van der Waals surface area contributed by atoms with Crippen molar-refractivity contribution >= 4 is 16.9 Å². The van der Waals surface area contributed by atoms with E-state index < -0.39 is 0 Å². The van der Waals surface area contributed by atoms with Crippen LogP contribution in [0, 0.1) is 6.92 Å². The fourth-order valence-corrected chi connectivity index (χ4v) is 3.19. The Morgan fingerprint density at radius 3 is 2.38 bits per heavy atom. The van der Waals surface area contributed by atoms with Crippen LogP contribution in [0.25, 0.3) is 22.2 Å². The van der Waals surface area contributed by atoms with Crippen molar-refractivity contribution in [1.29, 1.82) is 0 Å². The zero-order valence-electron chi connectivity index (χ0n) is 14.2. The molecule has 1 fully saturated rings. The standard InChI is InChI=1S/C20H22N4/c1-15-8-9-18-17(14-15)19(16-6-4-3-5-7-16)22-20(21-18)24-12-10-23(2)11-13-24/h3-9,14H,10-13H2,1-2H3. The van der Waals surface area contributed by atoms with Crippen LogP contribution in [0.4, 0.5) is 5.95 Å². The van der Waals surface area contributed by atoms with Crippen LogP contribution < -0.4 is 4.90 Å². The monoisotopic (exact) mass is 318 g/mol. The number of benzene rings is 2. The lowest BCUT2D eigenvalue weighted by molar-refractivity contribution is 0.311. The molecule has 0 N–H and O–H groups in total. The first-order valence-electron chi connectivity index (χ1n) is 8.48. The van der Waals surface area contributed by atoms with Crippen molar-refractivity contribution in [3.63, 3.8) is 0 Å². The highest BCUT2D eigenvalue weighted by atomic mass is 15.3. The predicted octanol–water partition coefficient (Wildman–Crippen LogP) is 3.36. The van der Waals surface area contributed by atoms with E-state index >= 15 is 0 Å². The van der Waals surface area contributed by atoms with E-state index in [1.54, 1.807) is 0 Å². The summed E-state index contributed by atoms with van der Waals surface area (Å²) >= 11 is 0. The maximum Gasteiger partial charge on any atom is 0.226 e. The second-order valence-electron chi connectivity index (χ2n) is 6.55. The fourth-order valence-electron chi connectivity index (χ4n) is 3.19. The van der Waals surface area contributed by atoms with Crippen LogP contribution in [0.3, 0.4) is 0 Å². The van der Waals surface area contributed by atoms with Gasteiger partial charge in [-0.15, -0.1) is 0 Å². The molecule has 0 radical (unpaired) electrons. The molecule has 122 valence electrons. The number of fused-ring (bicyclic) bond motifs is 1. The number of aryl methyl sites for hydroxylation is 1. The highest BCUT2D eigenvalue weighted by Crippen LogP contribution is 2.29. The summed E-state index contributed by atoms with van der Waals surface area (Å²) in [6.45, 7) is 6.17. The van der Waals surface area contributed by atoms with Crippen LogP contribution in [0.5, 0.6) is 0 Å². The summed E-state index contributed by atoms with van der Waals surface area (Å²) in [6, 6.07) is 16.8. The highest BCUT2D eigenvalue weighted by molar-refractivity contribution is 5.93. The minimum atomic E-state index is 0.846. The van der Waals surface area contributed by atoms with Crippen molar-refractivity contribution in [2.45, 2.75) is 6.92 Å². The molecule has 0 aliphatic carbocycles. The van der Waals surface area contributed by atoms with Crippen molar-refractivity contribution in [2.24, 2.45) is 0 Å². The Morgan fingerprint density at radius 1 is 0.875 bits per heavy atom. The maximum absolute atomic E-state index is 4.96. The summed E-state index contributed by atoms with van der Waals surface area (Å²) in [5, 5.41) is 1.12. The quantitative estimate of drug-likeness (QED) is 0.725. The Labute approximate surface area is 142 Å². The van der Waals surface area contributed by atoms with Crippen molar-refractivity contribution < 1.29 is 0 Å². The van der Waals surface area contributed by atoms with Gasteiger partial charge in [-0.25, -0.2) is 9.97 Å². The normalized spacial score (nSPS) is 15.8. The molecule has 0 bridgehead atoms. The van der Waals surface area contributed by atoms with E-state index in [0.29, 0.717) is 0 Å². The van der Waals surface area contributed by atoms with Gasteiger partial charge in [-0.2, -0.15) is 0 Å². The Kier molecular flexibility index (Phi) is 3.90. The first-order chi connectivity index (χ1) is 11.7. The van der Waals surface area contributed by atoms with Gasteiger partial charge in [0.05, 0.1) is 11.2 Å². The molecule has 0 saturated carbocycles. The number of rotatable bonds is 2. The van der Waals surface area contributed by atoms with Crippen LogP contribution in [0.1, 0.15) is 5.56 Å². The van der Waals surface area contributed by atoms with Gasteiger partial charge in [-0.05, 0) is 26.1 Å². The lowest BCUT2D eigenvalue weighted by Crippen LogP contribution is -2.45. The molecule has 4 nitrogen and oxygen atoms in total. The number of hydrogen-bond donors (Lipinski definition) is 0. The largest absolute Gasteiger partial charge is 0.338 e. The lowest BCUT2D eigenvalue weighted by atomic mass is 10.0. The molecule has 4 rings (SSSR count). The summed E-state index contributed by atoms with van der Waals surface area (Å²) in [4.78, 5) is 14.4. The molecule has 4 heteroatoms. The van der Waals surface area contributed by atoms with Gasteiger partial charge < -0.3 is 9.80 Å². The SMILES string of the molecule is Cc1ccc2nc(N3CCN(C)CC3)nc(-c3ccccc3)c2c1. The minimum absolute atomic E-state index is 0.846. The molecule has 1 saturated heterocycles. The van der Waals surface area contributed by atoms with Gasteiger partial charge in [-0.1, -0.05) is 42.0 Å². The Bertz CT molecular complexity index is 852. The van der Waals surface area contributed by atoms with E-state index in [1.165, 1.54) is 5.56 Å². The zero-order valence-corrected chi connectivity index (χ0v) is 14.2. The third-order valence-corrected chi connectivity index (χ3v) is 4.67. The number of hydrogen-bond acceptors (Lipinski definition) is 4. The molecule has 2 heterocycles. The van der Waals surface area contributed by atoms with E-state index in [4.69, 9.17) is 9.97 Å². The van der Waals surface area contributed by atoms with E-state index in [1.807, 2.05) is 6.07 Å². The number of anilines is 1. The zero-order chi connectivity index (χ0) is 16.5. The van der Waals surface area contributed by atoms with Gasteiger partial charge in [-0.3, -0.25) is 0 Å². The van der Waals surface area contributed by atoms with Crippen LogP contribution >= 0.6 is 0 Å². The molecule has 0 spiro atoms. The molecule has 0 atom stereocenters. The minimum Gasteiger partial charge on any atom is -0.338 e. The molecule has 3 aromatic rings. The number of piperazine rings is 1. The molecular weight excluding hydrogens is 296 g/mol. The molecule has 0 unspecified atom stereocenters. The van der Waals surface area contributed by atoms with Crippen LogP contribution in [-0.4, -0.2) is 48.1 Å². The average Bonchev–Trinajstić information content (AvgIpc) is 2.62. The van der Waals surface area contributed by atoms with Gasteiger partial charge in [0.15, 0.2) is 0 Å². The van der Waals surface area contributed by atoms with Crippen molar-refractivity contribution in [3.05, 3.63) is 54.1 Å². The van der Waals surface area contributed by atoms with Gasteiger partial charge in [0.2, 0.25) is 5.95 Å². The van der Waals surface area contributed by atoms with E-state index in [9.17, 15) is 0 Å². The molecule has 2 aromatic carbocycles. The smallest absolute Gasteiger partial charge is 0.226 e. The van der Waals surface area contributed by atoms with Gasteiger partial charge in [0.1, 0.15) is 0 Å². The third kappa shape index (κ3) is 2.85. The summed E-state index contributed by atoms with van der Waals surface area (Å²) in [5.41, 5.74) is 4.42. The molecule has 1 aromatic heterocycles. The second-order valence-corrected chi connectivity index (χ2v) is 6.55. The Balaban J connectivity index is 1.86. The number of nitrogens with zero attached hydrogens (tertiary/aromatic N) is 4. The summed E-state index contributed by atoms with van der Waals surface area (Å²) < 4.78 is 0. The molecule has 1 aliphatic heterocycles. The predicted molar refractivity (Wildman–Crippen MR) is 99.4 cm³/mol. The maximum atomic E-state index is 4.96. The average molecular weight is 318 g/mol. The van der Waals surface area contributed by atoms with Gasteiger partial charge in [0.25, 0.3) is 0 Å². The first-order valence-corrected chi connectivity index (χ1v) is 8.48. The highest BCUT2D eigenvalue weighted by Gasteiger charge is 2.19. The molecule has 1 aliphatic rings. The summed E-state index contributed by atoms with van der Waals surface area (Å²) in [5.74, 6) is 0.846. The van der Waals surface area contributed by atoms with Crippen LogP contribution in [0.2, 0.25) is 0 Å². The van der Waals surface area contributed by atoms with Crippen molar-refractivity contribution in [2.75, 3.05) is 38.1 Å². The van der Waals surface area contributed by atoms with Gasteiger partial charge in [0, 0.05) is 37.1 Å². The third-order valence-electron chi connectivity index (χ3n) is 4.67. The van der Waals surface area contributed by atoms with Crippen molar-refractivity contribution in [1.82, 2.24) is 14.9 Å². The molecule has 0 amide bonds. The Morgan fingerprint density at radius 2 is 1.62 bits per heavy atom. The number of aromatic nitrogens is 2. The van der Waals surface area contributed by atoms with Crippen LogP contribution in [0.15, 0.2) is 48.5 Å². The number of likely N-dealkylation sites (N-methyl/N-ethyl adjacent to an activating group) is 1. The second kappa shape index (κ2) is 6.21. The lowest BCUT2D eigenvalue weighted by Gasteiger charge is -2.32. The van der Waals surface area contributed by atoms with E-state index in [0.717, 1.165) is 54.3 Å². The Hall–Kier alpha value is -2.46. The topological polar surface area (TPSA) is 32.3 Å². The van der Waals surface area contributed by atoms with Gasteiger partial charge >= 0.3 is 0 Å². The fraction of sp³-hybridized carbons (Fsp3) is 0.300. The first kappa shape index (κ1) is 15.1. The summed E-state index contributed by atoms with van der Waals surface area (Å²) in [7, 11) is 2.16. The molecular formula is C20H22N4. The molecule has 24 heavy (non-hydrogen) atoms.